The van der Waals surface area contributed by atoms with Crippen LogP contribution in [0.25, 0.3) is 0 Å². The molecule has 7 nitrogen and oxygen atoms in total. The van der Waals surface area contributed by atoms with Crippen molar-refractivity contribution in [2.45, 2.75) is 11.9 Å². The molecular formula is C13H15N3O4S. The molecule has 0 radical (unpaired) electrons. The van der Waals surface area contributed by atoms with Crippen molar-refractivity contribution in [1.29, 1.82) is 0 Å². The molecule has 5 N–H and O–H groups in total. The fourth-order valence-corrected chi connectivity index (χ4v) is 3.12. The van der Waals surface area contributed by atoms with Crippen LogP contribution in [0.5, 0.6) is 0 Å². The molecule has 21 heavy (non-hydrogen) atoms. The minimum atomic E-state index is -4.56. The minimum Gasteiger partial charge on any atom is -0.366 e. The van der Waals surface area contributed by atoms with Crippen molar-refractivity contribution < 1.29 is 17.8 Å². The molecule has 0 fully saturated rings. The Bertz CT molecular complexity index is 725. The summed E-state index contributed by atoms with van der Waals surface area (Å²) < 4.78 is 32.7. The van der Waals surface area contributed by atoms with Crippen LogP contribution in [-0.4, -0.2) is 24.3 Å². The van der Waals surface area contributed by atoms with E-state index < -0.39 is 21.4 Å². The van der Waals surface area contributed by atoms with E-state index in [1.165, 1.54) is 23.3 Å². The normalized spacial score (nSPS) is 18.5. The molecule has 1 aliphatic rings. The second-order valence-electron chi connectivity index (χ2n) is 4.48. The molecule has 0 spiro atoms. The van der Waals surface area contributed by atoms with Crippen LogP contribution < -0.4 is 16.4 Å². The SMILES string of the molecule is NCc1cccc(N2C=CC=C(C(N)=O)C2S(=O)(=O)O)c1. The predicted molar refractivity (Wildman–Crippen MR) is 78.6 cm³/mol. The highest BCUT2D eigenvalue weighted by Gasteiger charge is 2.36. The maximum atomic E-state index is 11.6. The van der Waals surface area contributed by atoms with Gasteiger partial charge in [0.1, 0.15) is 0 Å². The lowest BCUT2D eigenvalue weighted by Crippen LogP contribution is -2.44. The van der Waals surface area contributed by atoms with Gasteiger partial charge in [-0.2, -0.15) is 8.42 Å². The molecule has 2 rings (SSSR count). The van der Waals surface area contributed by atoms with E-state index in [-0.39, 0.29) is 12.1 Å². The van der Waals surface area contributed by atoms with Crippen LogP contribution >= 0.6 is 0 Å². The molecule has 1 aliphatic heterocycles. The highest BCUT2D eigenvalue weighted by Crippen LogP contribution is 2.28. The van der Waals surface area contributed by atoms with Crippen molar-refractivity contribution in [2.75, 3.05) is 4.90 Å². The van der Waals surface area contributed by atoms with Gasteiger partial charge in [0, 0.05) is 18.4 Å². The molecule has 1 unspecified atom stereocenters. The fraction of sp³-hybridized carbons (Fsp3) is 0.154. The van der Waals surface area contributed by atoms with E-state index in [9.17, 15) is 17.8 Å². The zero-order valence-electron chi connectivity index (χ0n) is 11.0. The Morgan fingerprint density at radius 2 is 2.10 bits per heavy atom. The van der Waals surface area contributed by atoms with Gasteiger partial charge in [0.05, 0.1) is 5.57 Å². The van der Waals surface area contributed by atoms with Gasteiger partial charge in [-0.3, -0.25) is 9.35 Å². The number of carbonyl (C=O) groups excluding carboxylic acids is 1. The lowest BCUT2D eigenvalue weighted by Gasteiger charge is -2.31. The zero-order chi connectivity index (χ0) is 15.6. The van der Waals surface area contributed by atoms with Crippen LogP contribution in [0.2, 0.25) is 0 Å². The molecule has 1 atom stereocenters. The first kappa shape index (κ1) is 15.2. The monoisotopic (exact) mass is 309 g/mol. The lowest BCUT2D eigenvalue weighted by molar-refractivity contribution is -0.114. The third kappa shape index (κ3) is 3.13. The first-order valence-electron chi connectivity index (χ1n) is 6.06. The number of carbonyl (C=O) groups is 1. The molecule has 0 aliphatic carbocycles. The van der Waals surface area contributed by atoms with Crippen LogP contribution in [0, 0.1) is 0 Å². The van der Waals surface area contributed by atoms with E-state index in [1.807, 2.05) is 0 Å². The smallest absolute Gasteiger partial charge is 0.291 e. The Labute approximate surface area is 122 Å². The lowest BCUT2D eigenvalue weighted by atomic mass is 10.1. The number of hydrogen-bond acceptors (Lipinski definition) is 5. The van der Waals surface area contributed by atoms with E-state index in [0.29, 0.717) is 5.69 Å². The Kier molecular flexibility index (Phi) is 4.12. The second kappa shape index (κ2) is 5.68. The van der Waals surface area contributed by atoms with Crippen molar-refractivity contribution in [2.24, 2.45) is 11.5 Å². The molecule has 0 aromatic heterocycles. The third-order valence-electron chi connectivity index (χ3n) is 3.05. The first-order chi connectivity index (χ1) is 9.84. The van der Waals surface area contributed by atoms with Crippen molar-refractivity contribution in [3.05, 3.63) is 53.8 Å². The molecule has 1 aromatic rings. The average Bonchev–Trinajstić information content (AvgIpc) is 2.45. The van der Waals surface area contributed by atoms with Gasteiger partial charge < -0.3 is 16.4 Å². The summed E-state index contributed by atoms with van der Waals surface area (Å²) in [6, 6.07) is 6.80. The average molecular weight is 309 g/mol. The maximum absolute atomic E-state index is 11.6. The molecule has 8 heteroatoms. The summed E-state index contributed by atoms with van der Waals surface area (Å²) in [7, 11) is -4.56. The highest BCUT2D eigenvalue weighted by molar-refractivity contribution is 7.86. The van der Waals surface area contributed by atoms with Gasteiger partial charge in [-0.25, -0.2) is 0 Å². The Hall–Kier alpha value is -2.16. The summed E-state index contributed by atoms with van der Waals surface area (Å²) in [5.41, 5.74) is 11.8. The Balaban J connectivity index is 2.54. The Morgan fingerprint density at radius 3 is 2.67 bits per heavy atom. The van der Waals surface area contributed by atoms with Gasteiger partial charge in [-0.15, -0.1) is 0 Å². The number of hydrogen-bond donors (Lipinski definition) is 3. The van der Waals surface area contributed by atoms with Crippen LogP contribution in [0.1, 0.15) is 5.56 Å². The number of anilines is 1. The van der Waals surface area contributed by atoms with Crippen molar-refractivity contribution in [3.63, 3.8) is 0 Å². The molecule has 1 heterocycles. The number of primary amides is 1. The van der Waals surface area contributed by atoms with Crippen molar-refractivity contribution in [3.8, 4) is 0 Å². The number of nitrogens with zero attached hydrogens (tertiary/aromatic N) is 1. The standard InChI is InChI=1S/C13H15N3O4S/c14-8-9-3-1-4-10(7-9)16-6-2-5-11(12(15)17)13(16)21(18,19)20/h1-7,13H,8,14H2,(H2,15,17)(H,18,19,20). The fourth-order valence-electron chi connectivity index (χ4n) is 2.12. The maximum Gasteiger partial charge on any atom is 0.291 e. The predicted octanol–water partition coefficient (Wildman–Crippen LogP) is 0.105. The highest BCUT2D eigenvalue weighted by atomic mass is 32.2. The summed E-state index contributed by atoms with van der Waals surface area (Å²) >= 11 is 0. The molecule has 0 bridgehead atoms. The number of rotatable bonds is 4. The molecule has 0 saturated heterocycles. The third-order valence-corrected chi connectivity index (χ3v) is 4.10. The summed E-state index contributed by atoms with van der Waals surface area (Å²) in [5, 5.41) is -1.58. The summed E-state index contributed by atoms with van der Waals surface area (Å²) in [4.78, 5) is 12.7. The van der Waals surface area contributed by atoms with Gasteiger partial charge in [0.15, 0.2) is 5.37 Å². The van der Waals surface area contributed by atoms with Crippen molar-refractivity contribution >= 4 is 21.7 Å². The summed E-state index contributed by atoms with van der Waals surface area (Å²) in [6.45, 7) is 0.278. The van der Waals surface area contributed by atoms with Crippen LogP contribution in [0.4, 0.5) is 5.69 Å². The molecular weight excluding hydrogens is 294 g/mol. The quantitative estimate of drug-likeness (QED) is 0.677. The van der Waals surface area contributed by atoms with Crippen molar-refractivity contribution in [1.82, 2.24) is 0 Å². The molecule has 0 saturated carbocycles. The van der Waals surface area contributed by atoms with E-state index >= 15 is 0 Å². The van der Waals surface area contributed by atoms with Crippen LogP contribution in [0.3, 0.4) is 0 Å². The largest absolute Gasteiger partial charge is 0.366 e. The number of amides is 1. The number of benzene rings is 1. The zero-order valence-corrected chi connectivity index (χ0v) is 11.8. The Morgan fingerprint density at radius 1 is 1.38 bits per heavy atom. The molecule has 1 aromatic carbocycles. The second-order valence-corrected chi connectivity index (χ2v) is 5.95. The number of allylic oxidation sites excluding steroid dienone is 2. The van der Waals surface area contributed by atoms with Gasteiger partial charge in [0.2, 0.25) is 5.91 Å². The van der Waals surface area contributed by atoms with Gasteiger partial charge in [-0.1, -0.05) is 12.1 Å². The van der Waals surface area contributed by atoms with Crippen LogP contribution in [-0.2, 0) is 21.5 Å². The number of nitrogens with two attached hydrogens (primary N) is 2. The van der Waals surface area contributed by atoms with Gasteiger partial charge >= 0.3 is 0 Å². The summed E-state index contributed by atoms with van der Waals surface area (Å²) in [6.07, 6.45) is 4.20. The van der Waals surface area contributed by atoms with E-state index in [0.717, 1.165) is 5.56 Å². The summed E-state index contributed by atoms with van der Waals surface area (Å²) in [5.74, 6) is -0.915. The first-order valence-corrected chi connectivity index (χ1v) is 7.56. The van der Waals surface area contributed by atoms with Gasteiger partial charge in [-0.05, 0) is 29.8 Å². The topological polar surface area (TPSA) is 127 Å². The van der Waals surface area contributed by atoms with E-state index in [1.54, 1.807) is 24.3 Å². The minimum absolute atomic E-state index is 0.210. The van der Waals surface area contributed by atoms with Gasteiger partial charge in [0.25, 0.3) is 10.1 Å². The van der Waals surface area contributed by atoms with E-state index in [4.69, 9.17) is 11.5 Å². The van der Waals surface area contributed by atoms with E-state index in [2.05, 4.69) is 0 Å². The molecule has 1 amide bonds. The van der Waals surface area contributed by atoms with Crippen LogP contribution in [0.15, 0.2) is 48.2 Å². The molecule has 112 valence electrons.